The van der Waals surface area contributed by atoms with Gasteiger partial charge in [0.2, 0.25) is 17.7 Å². The normalized spacial score (nSPS) is 19.8. The lowest BCUT2D eigenvalue weighted by atomic mass is 9.85. The summed E-state index contributed by atoms with van der Waals surface area (Å²) in [5, 5.41) is 5.76. The van der Waals surface area contributed by atoms with Gasteiger partial charge in [-0.1, -0.05) is 58.9 Å². The van der Waals surface area contributed by atoms with E-state index in [1.807, 2.05) is 64.4 Å². The van der Waals surface area contributed by atoms with Gasteiger partial charge in [0, 0.05) is 12.3 Å². The first-order valence-electron chi connectivity index (χ1n) is 12.3. The Balaban J connectivity index is 1.73. The molecule has 36 heavy (non-hydrogen) atoms. The summed E-state index contributed by atoms with van der Waals surface area (Å²) in [4.78, 5) is 45.8. The van der Waals surface area contributed by atoms with Crippen LogP contribution in [0.4, 0.5) is 4.39 Å². The fourth-order valence-corrected chi connectivity index (χ4v) is 5.11. The van der Waals surface area contributed by atoms with Crippen LogP contribution in [0.5, 0.6) is 0 Å². The zero-order valence-electron chi connectivity index (χ0n) is 22.1. The van der Waals surface area contributed by atoms with Gasteiger partial charge in [-0.15, -0.1) is 11.3 Å². The Morgan fingerprint density at radius 2 is 1.75 bits per heavy atom. The topological polar surface area (TPSA) is 91.4 Å². The van der Waals surface area contributed by atoms with E-state index < -0.39 is 35.5 Å². The molecule has 0 spiro atoms. The first-order valence-corrected chi connectivity index (χ1v) is 13.2. The summed E-state index contributed by atoms with van der Waals surface area (Å²) in [5.74, 6) is -1.40. The minimum atomic E-state index is -1.30. The number of likely N-dealkylation sites (tertiary alicyclic amines) is 1. The average molecular weight is 517 g/mol. The Hall–Kier alpha value is -2.81. The third-order valence-corrected chi connectivity index (χ3v) is 7.51. The Bertz CT molecular complexity index is 1090. The number of nitrogens with one attached hydrogen (secondary N) is 2. The third kappa shape index (κ3) is 6.30. The molecule has 196 valence electrons. The fourth-order valence-electron chi connectivity index (χ4n) is 4.30. The molecule has 0 saturated carbocycles. The number of amides is 3. The number of aryl methyl sites for hydroxylation is 1. The first-order chi connectivity index (χ1) is 16.8. The maximum atomic E-state index is 14.5. The third-order valence-electron chi connectivity index (χ3n) is 6.54. The molecule has 3 amide bonds. The average Bonchev–Trinajstić information content (AvgIpc) is 3.41. The van der Waals surface area contributed by atoms with E-state index in [0.717, 1.165) is 21.7 Å². The highest BCUT2D eigenvalue weighted by Crippen LogP contribution is 2.30. The molecule has 2 N–H and O–H groups in total. The minimum Gasteiger partial charge on any atom is -0.348 e. The number of alkyl halides is 1. The largest absolute Gasteiger partial charge is 0.348 e. The lowest BCUT2D eigenvalue weighted by molar-refractivity contribution is -0.144. The van der Waals surface area contributed by atoms with Crippen LogP contribution < -0.4 is 10.6 Å². The van der Waals surface area contributed by atoms with Crippen molar-refractivity contribution in [1.82, 2.24) is 20.5 Å². The van der Waals surface area contributed by atoms with Gasteiger partial charge in [0.15, 0.2) is 0 Å². The van der Waals surface area contributed by atoms with E-state index in [4.69, 9.17) is 0 Å². The number of aromatic nitrogens is 1. The lowest BCUT2D eigenvalue weighted by Gasteiger charge is -2.35. The van der Waals surface area contributed by atoms with Crippen molar-refractivity contribution in [3.63, 3.8) is 0 Å². The van der Waals surface area contributed by atoms with E-state index in [9.17, 15) is 18.8 Å². The highest BCUT2D eigenvalue weighted by molar-refractivity contribution is 7.13. The molecular weight excluding hydrogens is 479 g/mol. The van der Waals surface area contributed by atoms with Gasteiger partial charge in [-0.2, -0.15) is 0 Å². The van der Waals surface area contributed by atoms with Gasteiger partial charge in [0.25, 0.3) is 0 Å². The summed E-state index contributed by atoms with van der Waals surface area (Å²) in [5.41, 5.74) is 4.13. The van der Waals surface area contributed by atoms with Gasteiger partial charge >= 0.3 is 0 Å². The molecule has 0 radical (unpaired) electrons. The highest BCUT2D eigenvalue weighted by Gasteiger charge is 2.45. The van der Waals surface area contributed by atoms with Crippen molar-refractivity contribution in [2.24, 2.45) is 11.3 Å². The number of nitrogens with zero attached hydrogens (tertiary/aromatic N) is 2. The van der Waals surface area contributed by atoms with Crippen molar-refractivity contribution in [2.45, 2.75) is 79.2 Å². The summed E-state index contributed by atoms with van der Waals surface area (Å²) in [6.07, 6.45) is -1.37. The molecule has 4 atom stereocenters. The summed E-state index contributed by atoms with van der Waals surface area (Å²) < 4.78 is 14.5. The fraction of sp³-hybridized carbons (Fsp3) is 0.556. The van der Waals surface area contributed by atoms with Crippen LogP contribution in [0, 0.1) is 18.3 Å². The lowest BCUT2D eigenvalue weighted by Crippen LogP contribution is -2.58. The van der Waals surface area contributed by atoms with E-state index in [-0.39, 0.29) is 30.8 Å². The van der Waals surface area contributed by atoms with Crippen molar-refractivity contribution < 1.29 is 18.8 Å². The second-order valence-corrected chi connectivity index (χ2v) is 11.8. The molecule has 1 fully saturated rings. The zero-order valence-corrected chi connectivity index (χ0v) is 22.9. The van der Waals surface area contributed by atoms with Gasteiger partial charge in [-0.05, 0) is 30.4 Å². The van der Waals surface area contributed by atoms with Crippen LogP contribution >= 0.6 is 11.3 Å². The van der Waals surface area contributed by atoms with Crippen LogP contribution in [0.25, 0.3) is 10.4 Å². The Kier molecular flexibility index (Phi) is 8.54. The maximum Gasteiger partial charge on any atom is 0.246 e. The first kappa shape index (κ1) is 27.8. The number of thiazole rings is 1. The van der Waals surface area contributed by atoms with Crippen LogP contribution in [0.15, 0.2) is 29.8 Å². The minimum absolute atomic E-state index is 0.0666. The molecule has 3 rings (SSSR count). The molecule has 1 aromatic carbocycles. The molecule has 1 aliphatic rings. The summed E-state index contributed by atoms with van der Waals surface area (Å²) in [7, 11) is 0. The number of halogens is 1. The Morgan fingerprint density at radius 3 is 2.28 bits per heavy atom. The summed E-state index contributed by atoms with van der Waals surface area (Å²) in [6, 6.07) is 5.75. The van der Waals surface area contributed by atoms with Crippen LogP contribution in [0.3, 0.4) is 0 Å². The van der Waals surface area contributed by atoms with E-state index >= 15 is 0 Å². The predicted molar refractivity (Wildman–Crippen MR) is 140 cm³/mol. The molecule has 2 heterocycles. The van der Waals surface area contributed by atoms with Crippen LogP contribution in [0.2, 0.25) is 0 Å². The van der Waals surface area contributed by atoms with Crippen molar-refractivity contribution in [3.05, 3.63) is 41.0 Å². The molecule has 1 aromatic heterocycles. The molecule has 1 aliphatic heterocycles. The molecule has 0 bridgehead atoms. The van der Waals surface area contributed by atoms with Crippen molar-refractivity contribution in [1.29, 1.82) is 0 Å². The number of hydrogen-bond acceptors (Lipinski definition) is 5. The molecular formula is C27H37FN4O3S. The maximum absolute atomic E-state index is 14.5. The molecule has 2 aromatic rings. The quantitative estimate of drug-likeness (QED) is 0.570. The van der Waals surface area contributed by atoms with Gasteiger partial charge in [-0.3, -0.25) is 14.4 Å². The van der Waals surface area contributed by atoms with Crippen LogP contribution in [-0.2, 0) is 14.4 Å². The number of carbonyl (C=O) groups is 3. The Morgan fingerprint density at radius 1 is 1.11 bits per heavy atom. The van der Waals surface area contributed by atoms with Crippen molar-refractivity contribution in [3.8, 4) is 10.4 Å². The Labute approximate surface area is 216 Å². The predicted octanol–water partition coefficient (Wildman–Crippen LogP) is 4.42. The van der Waals surface area contributed by atoms with Gasteiger partial charge in [0.1, 0.15) is 18.3 Å². The monoisotopic (exact) mass is 516 g/mol. The van der Waals surface area contributed by atoms with Crippen LogP contribution in [-0.4, -0.2) is 52.4 Å². The van der Waals surface area contributed by atoms with E-state index in [2.05, 4.69) is 15.6 Å². The number of benzene rings is 1. The summed E-state index contributed by atoms with van der Waals surface area (Å²) >= 11 is 1.58. The van der Waals surface area contributed by atoms with Gasteiger partial charge in [-0.25, -0.2) is 9.37 Å². The van der Waals surface area contributed by atoms with Crippen molar-refractivity contribution >= 4 is 29.1 Å². The standard InChI is InChI=1S/C27H37FN4O3S/c1-15(2)24(33)31-23(27(5,6)7)26(35)32-13-20(28)12-21(32)25(34)30-16(3)18-8-10-19(11-9-18)22-17(4)29-14-36-22/h8-11,14-16,20-21,23H,12-13H2,1-7H3,(H,30,34)(H,31,33)/t16-,20+,21-,23+/m0/s1. The molecule has 1 saturated heterocycles. The second kappa shape index (κ2) is 11.1. The zero-order chi connectivity index (χ0) is 26.8. The number of carbonyl (C=O) groups excluding carboxylic acids is 3. The molecule has 0 aliphatic carbocycles. The molecule has 9 heteroatoms. The van der Waals surface area contributed by atoms with Crippen LogP contribution in [0.1, 0.15) is 65.3 Å². The highest BCUT2D eigenvalue weighted by atomic mass is 32.1. The smallest absolute Gasteiger partial charge is 0.246 e. The van der Waals surface area contributed by atoms with Crippen molar-refractivity contribution in [2.75, 3.05) is 6.54 Å². The van der Waals surface area contributed by atoms with Gasteiger partial charge < -0.3 is 15.5 Å². The SMILES string of the molecule is Cc1ncsc1-c1ccc([C@H](C)NC(=O)[C@@H]2C[C@@H](F)CN2C(=O)[C@@H](NC(=O)C(C)C)C(C)(C)C)cc1. The van der Waals surface area contributed by atoms with Gasteiger partial charge in [0.05, 0.1) is 28.7 Å². The molecule has 0 unspecified atom stereocenters. The number of hydrogen-bond donors (Lipinski definition) is 2. The van der Waals surface area contributed by atoms with E-state index in [0.29, 0.717) is 0 Å². The van der Waals surface area contributed by atoms with E-state index in [1.165, 1.54) is 4.90 Å². The van der Waals surface area contributed by atoms with E-state index in [1.54, 1.807) is 25.2 Å². The second-order valence-electron chi connectivity index (χ2n) is 10.9. The number of rotatable bonds is 7. The molecule has 7 nitrogen and oxygen atoms in total. The summed E-state index contributed by atoms with van der Waals surface area (Å²) in [6.45, 7) is 12.7.